The van der Waals surface area contributed by atoms with Crippen LogP contribution in [0.1, 0.15) is 27.0 Å². The Hall–Kier alpha value is -3.48. The molecule has 130 valence electrons. The number of benzene rings is 2. The number of H-pyrrole nitrogens is 1. The average Bonchev–Trinajstić information content (AvgIpc) is 3.03. The van der Waals surface area contributed by atoms with E-state index in [0.717, 1.165) is 27.9 Å². The highest BCUT2D eigenvalue weighted by molar-refractivity contribution is 6.22. The van der Waals surface area contributed by atoms with Crippen LogP contribution in [0.4, 0.5) is 10.7 Å². The number of amides is 1. The van der Waals surface area contributed by atoms with E-state index in [1.807, 2.05) is 43.3 Å². The van der Waals surface area contributed by atoms with E-state index in [2.05, 4.69) is 25.0 Å². The summed E-state index contributed by atoms with van der Waals surface area (Å²) in [5, 5.41) is 2.51. The normalized spacial score (nSPS) is 13.3. The highest BCUT2D eigenvalue weighted by atomic mass is 16.5. The lowest BCUT2D eigenvalue weighted by Gasteiger charge is -2.17. The fourth-order valence-corrected chi connectivity index (χ4v) is 3.03. The van der Waals surface area contributed by atoms with Gasteiger partial charge in [-0.15, -0.1) is 0 Å². The number of rotatable bonds is 2. The van der Waals surface area contributed by atoms with Gasteiger partial charge in [0.2, 0.25) is 5.95 Å². The van der Waals surface area contributed by atoms with Crippen LogP contribution in [0.5, 0.6) is 0 Å². The third kappa shape index (κ3) is 2.73. The number of anilines is 1. The van der Waals surface area contributed by atoms with E-state index in [4.69, 9.17) is 0 Å². The van der Waals surface area contributed by atoms with Gasteiger partial charge in [0.05, 0.1) is 23.9 Å². The second kappa shape index (κ2) is 6.11. The third-order valence-corrected chi connectivity index (χ3v) is 4.27. The van der Waals surface area contributed by atoms with Gasteiger partial charge in [0, 0.05) is 16.7 Å². The van der Waals surface area contributed by atoms with Crippen LogP contribution in [0, 0.1) is 6.92 Å². The van der Waals surface area contributed by atoms with Gasteiger partial charge in [0.25, 0.3) is 0 Å². The fraction of sp³-hybridized carbons (Fsp3) is 0.158. The first-order valence-corrected chi connectivity index (χ1v) is 8.09. The lowest BCUT2D eigenvalue weighted by Crippen LogP contribution is -2.20. The van der Waals surface area contributed by atoms with Crippen molar-refractivity contribution in [2.75, 3.05) is 19.0 Å². The Morgan fingerprint density at radius 1 is 1.19 bits per heavy atom. The van der Waals surface area contributed by atoms with E-state index in [9.17, 15) is 9.59 Å². The molecule has 26 heavy (non-hydrogen) atoms. The highest BCUT2D eigenvalue weighted by Gasteiger charge is 2.22. The lowest BCUT2D eigenvalue weighted by molar-refractivity contribution is 0.1000. The molecule has 0 spiro atoms. The Morgan fingerprint density at radius 2 is 2.04 bits per heavy atom. The zero-order valence-electron chi connectivity index (χ0n) is 14.3. The maximum Gasteiger partial charge on any atom is 0.413 e. The summed E-state index contributed by atoms with van der Waals surface area (Å²) in [4.78, 5) is 35.3. The summed E-state index contributed by atoms with van der Waals surface area (Å²) < 4.78 is 4.57. The molecule has 7 heteroatoms. The number of hydrogen-bond acceptors (Lipinski definition) is 5. The molecule has 0 fully saturated rings. The number of aromatic amines is 1. The number of fused-ring (bicyclic) bond motifs is 2. The van der Waals surface area contributed by atoms with Gasteiger partial charge in [0.1, 0.15) is 6.54 Å². The average molecular weight is 348 g/mol. The van der Waals surface area contributed by atoms with Gasteiger partial charge >= 0.3 is 6.09 Å². The molecule has 2 N–H and O–H groups in total. The number of nitrogens with one attached hydrogen (secondary N) is 2. The van der Waals surface area contributed by atoms with Gasteiger partial charge in [-0.25, -0.2) is 9.78 Å². The SMILES string of the molecule is COC(=O)Nc1nc2ccc(C3=NCC(=O)c4ccc(C)cc43)cc2[nH]1. The maximum atomic E-state index is 12.1. The molecular formula is C19H16N4O3. The number of aromatic nitrogens is 2. The number of nitrogens with zero attached hydrogens (tertiary/aromatic N) is 2. The minimum Gasteiger partial charge on any atom is -0.453 e. The Balaban J connectivity index is 1.76. The number of carbonyl (C=O) groups is 2. The van der Waals surface area contributed by atoms with E-state index in [0.29, 0.717) is 17.0 Å². The summed E-state index contributed by atoms with van der Waals surface area (Å²) in [5.74, 6) is 0.330. The number of hydrogen-bond donors (Lipinski definition) is 2. The van der Waals surface area contributed by atoms with Gasteiger partial charge in [-0.1, -0.05) is 23.8 Å². The van der Waals surface area contributed by atoms with Crippen LogP contribution < -0.4 is 5.32 Å². The number of aliphatic imine (C=N–C) groups is 1. The molecular weight excluding hydrogens is 332 g/mol. The van der Waals surface area contributed by atoms with Crippen molar-refractivity contribution in [2.45, 2.75) is 6.92 Å². The number of ether oxygens (including phenoxy) is 1. The summed E-state index contributed by atoms with van der Waals surface area (Å²) in [6.07, 6.45) is -0.594. The molecule has 0 radical (unpaired) electrons. The van der Waals surface area contributed by atoms with Crippen LogP contribution in [0.2, 0.25) is 0 Å². The molecule has 7 nitrogen and oxygen atoms in total. The monoisotopic (exact) mass is 348 g/mol. The first kappa shape index (κ1) is 16.0. The van der Waals surface area contributed by atoms with Crippen molar-refractivity contribution < 1.29 is 14.3 Å². The molecule has 1 aliphatic rings. The zero-order valence-corrected chi connectivity index (χ0v) is 14.3. The maximum absolute atomic E-state index is 12.1. The van der Waals surface area contributed by atoms with Gasteiger partial charge in [-0.3, -0.25) is 15.1 Å². The molecule has 1 amide bonds. The van der Waals surface area contributed by atoms with E-state index in [1.54, 1.807) is 0 Å². The van der Waals surface area contributed by atoms with Crippen molar-refractivity contribution in [3.8, 4) is 0 Å². The molecule has 0 aliphatic carbocycles. The van der Waals surface area contributed by atoms with Crippen LogP contribution in [0.25, 0.3) is 11.0 Å². The number of methoxy groups -OCH3 is 1. The first-order chi connectivity index (χ1) is 12.5. The topological polar surface area (TPSA) is 96.4 Å². The van der Waals surface area contributed by atoms with Crippen molar-refractivity contribution in [1.29, 1.82) is 0 Å². The molecule has 0 bridgehead atoms. The van der Waals surface area contributed by atoms with E-state index >= 15 is 0 Å². The Morgan fingerprint density at radius 3 is 2.85 bits per heavy atom. The standard InChI is InChI=1S/C19H16N4O3/c1-10-3-5-12-13(7-10)17(20-9-16(12)24)11-4-6-14-15(8-11)22-18(21-14)23-19(25)26-2/h3-8H,9H2,1-2H3,(H2,21,22,23,25). The van der Waals surface area contributed by atoms with Crippen molar-refractivity contribution in [3.05, 3.63) is 58.7 Å². The summed E-state index contributed by atoms with van der Waals surface area (Å²) in [5.41, 5.74) is 5.72. The molecule has 0 atom stereocenters. The van der Waals surface area contributed by atoms with Gasteiger partial charge in [-0.05, 0) is 25.1 Å². The van der Waals surface area contributed by atoms with Crippen molar-refractivity contribution in [2.24, 2.45) is 4.99 Å². The largest absolute Gasteiger partial charge is 0.453 e. The van der Waals surface area contributed by atoms with Crippen molar-refractivity contribution >= 4 is 34.6 Å². The minimum absolute atomic E-state index is 0.0240. The predicted molar refractivity (Wildman–Crippen MR) is 98.1 cm³/mol. The molecule has 0 unspecified atom stereocenters. The quantitative estimate of drug-likeness (QED) is 0.744. The predicted octanol–water partition coefficient (Wildman–Crippen LogP) is 3.08. The molecule has 0 saturated heterocycles. The molecule has 2 aromatic carbocycles. The number of imidazole rings is 1. The lowest BCUT2D eigenvalue weighted by atomic mass is 9.91. The smallest absolute Gasteiger partial charge is 0.413 e. The first-order valence-electron chi connectivity index (χ1n) is 8.09. The summed E-state index contributed by atoms with van der Waals surface area (Å²) >= 11 is 0. The Kier molecular flexibility index (Phi) is 3.76. The fourth-order valence-electron chi connectivity index (χ4n) is 3.03. The number of ketones is 1. The third-order valence-electron chi connectivity index (χ3n) is 4.27. The van der Waals surface area contributed by atoms with E-state index < -0.39 is 6.09 Å². The number of Topliss-reactive ketones (excluding diaryl/α,β-unsaturated/α-hetero) is 1. The Bertz CT molecular complexity index is 1080. The van der Waals surface area contributed by atoms with Crippen LogP contribution in [-0.4, -0.2) is 41.2 Å². The summed E-state index contributed by atoms with van der Waals surface area (Å²) in [6, 6.07) is 11.4. The minimum atomic E-state index is -0.594. The van der Waals surface area contributed by atoms with Crippen molar-refractivity contribution in [1.82, 2.24) is 9.97 Å². The van der Waals surface area contributed by atoms with Crippen LogP contribution in [-0.2, 0) is 4.74 Å². The molecule has 1 aromatic heterocycles. The molecule has 4 rings (SSSR count). The van der Waals surface area contributed by atoms with Crippen LogP contribution >= 0.6 is 0 Å². The summed E-state index contributed by atoms with van der Waals surface area (Å²) in [6.45, 7) is 2.13. The van der Waals surface area contributed by atoms with Crippen molar-refractivity contribution in [3.63, 3.8) is 0 Å². The Labute approximate surface area is 149 Å². The molecule has 0 saturated carbocycles. The molecule has 1 aliphatic heterocycles. The second-order valence-electron chi connectivity index (χ2n) is 6.07. The van der Waals surface area contributed by atoms with Crippen LogP contribution in [0.15, 0.2) is 41.4 Å². The summed E-state index contributed by atoms with van der Waals surface area (Å²) in [7, 11) is 1.29. The highest BCUT2D eigenvalue weighted by Crippen LogP contribution is 2.24. The van der Waals surface area contributed by atoms with Gasteiger partial charge in [-0.2, -0.15) is 0 Å². The zero-order chi connectivity index (χ0) is 18.3. The second-order valence-corrected chi connectivity index (χ2v) is 6.07. The van der Waals surface area contributed by atoms with Gasteiger partial charge < -0.3 is 9.72 Å². The molecule has 3 aromatic rings. The number of aryl methyl sites for hydroxylation is 1. The number of carbonyl (C=O) groups excluding carboxylic acids is 2. The van der Waals surface area contributed by atoms with Crippen LogP contribution in [0.3, 0.4) is 0 Å². The van der Waals surface area contributed by atoms with E-state index in [-0.39, 0.29) is 12.3 Å². The van der Waals surface area contributed by atoms with Gasteiger partial charge in [0.15, 0.2) is 5.78 Å². The van der Waals surface area contributed by atoms with E-state index in [1.165, 1.54) is 7.11 Å². The molecule has 2 heterocycles.